The monoisotopic (exact) mass is 314 g/mol. The van der Waals surface area contributed by atoms with Crippen LogP contribution in [0, 0.1) is 11.3 Å². The van der Waals surface area contributed by atoms with Gasteiger partial charge in [0.1, 0.15) is 0 Å². The van der Waals surface area contributed by atoms with E-state index in [0.29, 0.717) is 5.92 Å². The minimum atomic E-state index is -3.33. The van der Waals surface area contributed by atoms with E-state index in [4.69, 9.17) is 0 Å². The van der Waals surface area contributed by atoms with E-state index in [9.17, 15) is 13.2 Å². The Kier molecular flexibility index (Phi) is 4.03. The minimum absolute atomic E-state index is 0.0285. The Morgan fingerprint density at radius 1 is 1.19 bits per heavy atom. The number of amides is 1. The Labute approximate surface area is 127 Å². The molecule has 3 fully saturated rings. The van der Waals surface area contributed by atoms with Gasteiger partial charge in [0, 0.05) is 6.54 Å². The molecule has 0 radical (unpaired) electrons. The molecule has 1 amide bonds. The molecule has 1 aliphatic heterocycles. The minimum Gasteiger partial charge on any atom is -0.327 e. The highest BCUT2D eigenvalue weighted by molar-refractivity contribution is 7.89. The summed E-state index contributed by atoms with van der Waals surface area (Å²) < 4.78 is 26.7. The zero-order valence-electron chi connectivity index (χ0n) is 12.9. The van der Waals surface area contributed by atoms with Crippen molar-refractivity contribution in [2.75, 3.05) is 25.5 Å². The lowest BCUT2D eigenvalue weighted by molar-refractivity contribution is -0.126. The van der Waals surface area contributed by atoms with Crippen LogP contribution in [0.1, 0.15) is 51.9 Å². The standard InChI is InChI=1S/C15H26N2O3S/c1-15(7-3-2-4-8-15)11-21(19,20)17-10-14(18)16(12-17)9-13-5-6-13/h13H,2-12H2,1H3. The molecule has 0 aromatic heterocycles. The summed E-state index contributed by atoms with van der Waals surface area (Å²) in [6, 6.07) is 0. The normalized spacial score (nSPS) is 27.3. The summed E-state index contributed by atoms with van der Waals surface area (Å²) in [5.41, 5.74) is -0.107. The van der Waals surface area contributed by atoms with Gasteiger partial charge in [-0.05, 0) is 37.0 Å². The van der Waals surface area contributed by atoms with Gasteiger partial charge in [-0.25, -0.2) is 8.42 Å². The van der Waals surface area contributed by atoms with Gasteiger partial charge in [-0.3, -0.25) is 4.79 Å². The Morgan fingerprint density at radius 2 is 1.86 bits per heavy atom. The number of rotatable bonds is 5. The Morgan fingerprint density at radius 3 is 2.48 bits per heavy atom. The molecule has 6 heteroatoms. The summed E-state index contributed by atoms with van der Waals surface area (Å²) in [5.74, 6) is 0.775. The highest BCUT2D eigenvalue weighted by Gasteiger charge is 2.41. The molecule has 0 N–H and O–H groups in total. The summed E-state index contributed by atoms with van der Waals surface area (Å²) >= 11 is 0. The number of carbonyl (C=O) groups excluding carboxylic acids is 1. The van der Waals surface area contributed by atoms with Crippen molar-refractivity contribution in [3.63, 3.8) is 0 Å². The van der Waals surface area contributed by atoms with Crippen molar-refractivity contribution in [1.29, 1.82) is 0 Å². The first-order valence-electron chi connectivity index (χ1n) is 8.14. The van der Waals surface area contributed by atoms with Crippen molar-refractivity contribution in [1.82, 2.24) is 9.21 Å². The van der Waals surface area contributed by atoms with Gasteiger partial charge in [0.25, 0.3) is 0 Å². The van der Waals surface area contributed by atoms with E-state index in [1.807, 2.05) is 0 Å². The van der Waals surface area contributed by atoms with Crippen molar-refractivity contribution in [2.24, 2.45) is 11.3 Å². The SMILES string of the molecule is CC1(CS(=O)(=O)N2CC(=O)N(CC3CC3)C2)CCCCC1. The molecule has 0 atom stereocenters. The predicted molar refractivity (Wildman–Crippen MR) is 81.0 cm³/mol. The summed E-state index contributed by atoms with van der Waals surface area (Å²) in [6.07, 6.45) is 7.79. The number of hydrogen-bond donors (Lipinski definition) is 0. The molecule has 120 valence electrons. The summed E-state index contributed by atoms with van der Waals surface area (Å²) in [4.78, 5) is 13.7. The summed E-state index contributed by atoms with van der Waals surface area (Å²) in [6.45, 7) is 3.14. The molecule has 0 bridgehead atoms. The first-order chi connectivity index (χ1) is 9.88. The maximum Gasteiger partial charge on any atom is 0.239 e. The highest BCUT2D eigenvalue weighted by Crippen LogP contribution is 2.38. The molecule has 1 heterocycles. The van der Waals surface area contributed by atoms with E-state index in [0.717, 1.165) is 32.2 Å². The van der Waals surface area contributed by atoms with Crippen LogP contribution in [0.3, 0.4) is 0 Å². The summed E-state index contributed by atoms with van der Waals surface area (Å²) in [5, 5.41) is 0. The van der Waals surface area contributed by atoms with Crippen LogP contribution in [0.25, 0.3) is 0 Å². The van der Waals surface area contributed by atoms with E-state index in [-0.39, 0.29) is 30.3 Å². The maximum absolute atomic E-state index is 12.6. The molecule has 0 unspecified atom stereocenters. The molecular formula is C15H26N2O3S. The number of carbonyl (C=O) groups is 1. The third-order valence-corrected chi connectivity index (χ3v) is 7.25. The van der Waals surface area contributed by atoms with E-state index in [1.54, 1.807) is 4.90 Å². The van der Waals surface area contributed by atoms with Gasteiger partial charge >= 0.3 is 0 Å². The van der Waals surface area contributed by atoms with Crippen LogP contribution >= 0.6 is 0 Å². The molecule has 5 nitrogen and oxygen atoms in total. The molecule has 0 aromatic rings. The van der Waals surface area contributed by atoms with Crippen LogP contribution < -0.4 is 0 Å². The van der Waals surface area contributed by atoms with Gasteiger partial charge in [0.2, 0.25) is 15.9 Å². The quantitative estimate of drug-likeness (QED) is 0.777. The first kappa shape index (κ1) is 15.3. The average Bonchev–Trinajstić information content (AvgIpc) is 3.12. The van der Waals surface area contributed by atoms with Crippen LogP contribution in [0.15, 0.2) is 0 Å². The molecular weight excluding hydrogens is 288 g/mol. The smallest absolute Gasteiger partial charge is 0.239 e. The van der Waals surface area contributed by atoms with Crippen LogP contribution in [-0.2, 0) is 14.8 Å². The third kappa shape index (κ3) is 3.59. The van der Waals surface area contributed by atoms with Gasteiger partial charge in [-0.2, -0.15) is 4.31 Å². The lowest BCUT2D eigenvalue weighted by Crippen LogP contribution is -2.39. The Bertz CT molecular complexity index is 507. The molecule has 3 rings (SSSR count). The van der Waals surface area contributed by atoms with Crippen LogP contribution in [-0.4, -0.2) is 49.0 Å². The van der Waals surface area contributed by atoms with Gasteiger partial charge < -0.3 is 4.90 Å². The maximum atomic E-state index is 12.6. The summed E-state index contributed by atoms with van der Waals surface area (Å²) in [7, 11) is -3.33. The second-order valence-electron chi connectivity index (χ2n) is 7.44. The van der Waals surface area contributed by atoms with E-state index < -0.39 is 10.0 Å². The lowest BCUT2D eigenvalue weighted by Gasteiger charge is -2.34. The molecule has 2 aliphatic carbocycles. The first-order valence-corrected chi connectivity index (χ1v) is 9.75. The molecule has 3 aliphatic rings. The van der Waals surface area contributed by atoms with Crippen LogP contribution in [0.5, 0.6) is 0 Å². The van der Waals surface area contributed by atoms with Crippen LogP contribution in [0.2, 0.25) is 0 Å². The second kappa shape index (κ2) is 5.54. The molecule has 0 aromatic carbocycles. The zero-order valence-corrected chi connectivity index (χ0v) is 13.7. The van der Waals surface area contributed by atoms with Crippen molar-refractivity contribution in [3.8, 4) is 0 Å². The predicted octanol–water partition coefficient (Wildman–Crippen LogP) is 1.80. The van der Waals surface area contributed by atoms with Crippen molar-refractivity contribution in [3.05, 3.63) is 0 Å². The van der Waals surface area contributed by atoms with Gasteiger partial charge in [-0.1, -0.05) is 26.2 Å². The van der Waals surface area contributed by atoms with Crippen molar-refractivity contribution >= 4 is 15.9 Å². The molecule has 1 saturated heterocycles. The van der Waals surface area contributed by atoms with Gasteiger partial charge in [0.15, 0.2) is 0 Å². The average molecular weight is 314 g/mol. The topological polar surface area (TPSA) is 57.7 Å². The van der Waals surface area contributed by atoms with Crippen molar-refractivity contribution < 1.29 is 13.2 Å². The highest BCUT2D eigenvalue weighted by atomic mass is 32.2. The zero-order chi connectivity index (χ0) is 15.1. The number of hydrogen-bond acceptors (Lipinski definition) is 3. The van der Waals surface area contributed by atoms with Crippen LogP contribution in [0.4, 0.5) is 0 Å². The number of nitrogens with zero attached hydrogens (tertiary/aromatic N) is 2. The third-order valence-electron chi connectivity index (χ3n) is 5.15. The van der Waals surface area contributed by atoms with E-state index in [2.05, 4.69) is 6.92 Å². The lowest BCUT2D eigenvalue weighted by atomic mass is 9.77. The Hall–Kier alpha value is -0.620. The van der Waals surface area contributed by atoms with Gasteiger partial charge in [-0.15, -0.1) is 0 Å². The molecule has 2 saturated carbocycles. The molecule has 0 spiro atoms. The Balaban J connectivity index is 1.63. The second-order valence-corrected chi connectivity index (χ2v) is 9.41. The number of sulfonamides is 1. The van der Waals surface area contributed by atoms with Gasteiger partial charge in [0.05, 0.1) is 19.0 Å². The molecule has 21 heavy (non-hydrogen) atoms. The van der Waals surface area contributed by atoms with E-state index >= 15 is 0 Å². The van der Waals surface area contributed by atoms with Crippen molar-refractivity contribution in [2.45, 2.75) is 51.9 Å². The van der Waals surface area contributed by atoms with E-state index in [1.165, 1.54) is 23.6 Å². The fraction of sp³-hybridized carbons (Fsp3) is 0.933. The fourth-order valence-electron chi connectivity index (χ4n) is 3.61. The fourth-order valence-corrected chi connectivity index (χ4v) is 5.58. The largest absolute Gasteiger partial charge is 0.327 e.